The number of hydroxylamine groups is 1. The van der Waals surface area contributed by atoms with Crippen LogP contribution in [-0.2, 0) is 6.18 Å². The summed E-state index contributed by atoms with van der Waals surface area (Å²) in [6, 6.07) is 8.00. The van der Waals surface area contributed by atoms with Crippen LogP contribution in [0, 0.1) is 0 Å². The second kappa shape index (κ2) is 8.31. The largest absolute Gasteiger partial charge is 0.418 e. The van der Waals surface area contributed by atoms with Gasteiger partial charge in [0, 0.05) is 5.02 Å². The summed E-state index contributed by atoms with van der Waals surface area (Å²) >= 11 is 6.84. The number of fused-ring (bicyclic) bond motifs is 1. The zero-order valence-corrected chi connectivity index (χ0v) is 15.6. The number of aliphatic hydroxyl groups excluding tert-OH is 1. The first-order valence-corrected chi connectivity index (χ1v) is 9.07. The van der Waals surface area contributed by atoms with E-state index in [-0.39, 0.29) is 44.8 Å². The van der Waals surface area contributed by atoms with E-state index in [1.54, 1.807) is 0 Å². The first-order chi connectivity index (χ1) is 13.3. The standard InChI is InChI=1S/C17H13ClF3N3O3S/c18-9-4-5-12(27-22-6-7-25)10(8-9)15(26)24-16-23-14-11(17(19,20)21)2-1-3-13(14)28-16/h1-5,8,22,25H,6-7H2,(H,23,24,26). The highest BCUT2D eigenvalue weighted by molar-refractivity contribution is 7.22. The molecule has 0 atom stereocenters. The van der Waals surface area contributed by atoms with Crippen molar-refractivity contribution in [1.29, 1.82) is 0 Å². The number of hydrogen-bond donors (Lipinski definition) is 3. The van der Waals surface area contributed by atoms with Gasteiger partial charge in [0.15, 0.2) is 10.9 Å². The van der Waals surface area contributed by atoms with Crippen LogP contribution in [-0.4, -0.2) is 29.1 Å². The van der Waals surface area contributed by atoms with Gasteiger partial charge in [-0.1, -0.05) is 29.0 Å². The number of hydrogen-bond acceptors (Lipinski definition) is 6. The van der Waals surface area contributed by atoms with E-state index in [1.165, 1.54) is 30.3 Å². The van der Waals surface area contributed by atoms with Crippen molar-refractivity contribution >= 4 is 44.2 Å². The van der Waals surface area contributed by atoms with Gasteiger partial charge in [-0.2, -0.15) is 18.7 Å². The quantitative estimate of drug-likeness (QED) is 0.404. The number of aliphatic hydroxyl groups is 1. The molecule has 0 saturated carbocycles. The molecule has 0 aliphatic rings. The van der Waals surface area contributed by atoms with Crippen LogP contribution in [0.1, 0.15) is 15.9 Å². The van der Waals surface area contributed by atoms with Crippen LogP contribution < -0.4 is 15.6 Å². The van der Waals surface area contributed by atoms with Gasteiger partial charge in [-0.3, -0.25) is 10.1 Å². The van der Waals surface area contributed by atoms with Crippen molar-refractivity contribution in [2.24, 2.45) is 0 Å². The molecule has 1 amide bonds. The van der Waals surface area contributed by atoms with Gasteiger partial charge in [-0.25, -0.2) is 4.98 Å². The van der Waals surface area contributed by atoms with Gasteiger partial charge in [0.2, 0.25) is 0 Å². The second-order valence-corrected chi connectivity index (χ2v) is 6.95. The van der Waals surface area contributed by atoms with E-state index >= 15 is 0 Å². The summed E-state index contributed by atoms with van der Waals surface area (Å²) in [7, 11) is 0. The Kier molecular flexibility index (Phi) is 6.04. The third-order valence-electron chi connectivity index (χ3n) is 3.53. The van der Waals surface area contributed by atoms with Crippen LogP contribution in [0.3, 0.4) is 0 Å². The van der Waals surface area contributed by atoms with Crippen molar-refractivity contribution < 1.29 is 27.9 Å². The lowest BCUT2D eigenvalue weighted by Gasteiger charge is -2.11. The van der Waals surface area contributed by atoms with E-state index in [0.29, 0.717) is 0 Å². The van der Waals surface area contributed by atoms with Gasteiger partial charge in [-0.05, 0) is 30.3 Å². The lowest BCUT2D eigenvalue weighted by Crippen LogP contribution is -2.24. The highest BCUT2D eigenvalue weighted by Gasteiger charge is 2.33. The number of alkyl halides is 3. The number of para-hydroxylation sites is 1. The number of thiazole rings is 1. The molecule has 3 rings (SSSR count). The minimum Gasteiger partial charge on any atom is -0.408 e. The Labute approximate surface area is 165 Å². The lowest BCUT2D eigenvalue weighted by molar-refractivity contribution is -0.136. The molecule has 2 aromatic carbocycles. The summed E-state index contributed by atoms with van der Waals surface area (Å²) in [5.74, 6) is -0.525. The average molecular weight is 432 g/mol. The van der Waals surface area contributed by atoms with E-state index in [0.717, 1.165) is 17.4 Å². The maximum atomic E-state index is 13.1. The Balaban J connectivity index is 1.88. The molecule has 3 aromatic rings. The summed E-state index contributed by atoms with van der Waals surface area (Å²) in [5, 5.41) is 11.5. The monoisotopic (exact) mass is 431 g/mol. The van der Waals surface area contributed by atoms with Crippen molar-refractivity contribution in [1.82, 2.24) is 10.5 Å². The predicted octanol–water partition coefficient (Wildman–Crippen LogP) is 4.10. The molecule has 0 saturated heterocycles. The van der Waals surface area contributed by atoms with Crippen molar-refractivity contribution in [3.63, 3.8) is 0 Å². The fourth-order valence-corrected chi connectivity index (χ4v) is 3.40. The summed E-state index contributed by atoms with van der Waals surface area (Å²) in [6.07, 6.45) is -4.55. The molecule has 6 nitrogen and oxygen atoms in total. The molecule has 0 radical (unpaired) electrons. The molecule has 11 heteroatoms. The van der Waals surface area contributed by atoms with E-state index in [2.05, 4.69) is 15.8 Å². The maximum Gasteiger partial charge on any atom is 0.418 e. The zero-order chi connectivity index (χ0) is 20.3. The van der Waals surface area contributed by atoms with Crippen molar-refractivity contribution in [3.8, 4) is 5.75 Å². The highest BCUT2D eigenvalue weighted by Crippen LogP contribution is 2.37. The van der Waals surface area contributed by atoms with Crippen molar-refractivity contribution in [3.05, 3.63) is 52.5 Å². The Morgan fingerprint density at radius 1 is 1.29 bits per heavy atom. The van der Waals surface area contributed by atoms with Gasteiger partial charge < -0.3 is 9.94 Å². The summed E-state index contributed by atoms with van der Waals surface area (Å²) in [4.78, 5) is 21.7. The zero-order valence-electron chi connectivity index (χ0n) is 14.0. The first kappa shape index (κ1) is 20.3. The van der Waals surface area contributed by atoms with E-state index in [4.69, 9.17) is 21.5 Å². The Bertz CT molecular complexity index is 1010. The molecular formula is C17H13ClF3N3O3S. The summed E-state index contributed by atoms with van der Waals surface area (Å²) < 4.78 is 39.7. The fraction of sp³-hybridized carbons (Fsp3) is 0.176. The summed E-state index contributed by atoms with van der Waals surface area (Å²) in [5.41, 5.74) is 1.41. The first-order valence-electron chi connectivity index (χ1n) is 7.88. The van der Waals surface area contributed by atoms with Crippen LogP contribution in [0.25, 0.3) is 10.2 Å². The lowest BCUT2D eigenvalue weighted by atomic mass is 10.2. The number of nitrogens with zero attached hydrogens (tertiary/aromatic N) is 1. The third kappa shape index (κ3) is 4.53. The fourth-order valence-electron chi connectivity index (χ4n) is 2.34. The van der Waals surface area contributed by atoms with E-state index in [1.807, 2.05) is 0 Å². The van der Waals surface area contributed by atoms with Crippen molar-refractivity contribution in [2.45, 2.75) is 6.18 Å². The number of amides is 1. The van der Waals surface area contributed by atoms with Crippen LogP contribution in [0.15, 0.2) is 36.4 Å². The Hall–Kier alpha value is -2.40. The van der Waals surface area contributed by atoms with Crippen LogP contribution >= 0.6 is 22.9 Å². The molecule has 0 aliphatic heterocycles. The number of carbonyl (C=O) groups excluding carboxylic acids is 1. The molecule has 1 heterocycles. The van der Waals surface area contributed by atoms with Gasteiger partial charge >= 0.3 is 6.18 Å². The predicted molar refractivity (Wildman–Crippen MR) is 99.7 cm³/mol. The topological polar surface area (TPSA) is 83.5 Å². The molecule has 1 aromatic heterocycles. The van der Waals surface area contributed by atoms with Crippen LogP contribution in [0.5, 0.6) is 5.75 Å². The number of benzene rings is 2. The molecule has 0 aliphatic carbocycles. The minimum atomic E-state index is -4.55. The molecule has 148 valence electrons. The highest BCUT2D eigenvalue weighted by atomic mass is 35.5. The number of rotatable bonds is 6. The smallest absolute Gasteiger partial charge is 0.408 e. The number of halogens is 4. The van der Waals surface area contributed by atoms with Gasteiger partial charge in [-0.15, -0.1) is 0 Å². The molecule has 0 unspecified atom stereocenters. The number of carbonyl (C=O) groups is 1. The van der Waals surface area contributed by atoms with Gasteiger partial charge in [0.05, 0.1) is 34.5 Å². The number of aromatic nitrogens is 1. The van der Waals surface area contributed by atoms with Crippen LogP contribution in [0.4, 0.5) is 18.3 Å². The molecule has 0 fully saturated rings. The number of anilines is 1. The minimum absolute atomic E-state index is 0.00550. The molecular weight excluding hydrogens is 419 g/mol. The van der Waals surface area contributed by atoms with E-state index in [9.17, 15) is 18.0 Å². The second-order valence-electron chi connectivity index (χ2n) is 5.48. The molecule has 3 N–H and O–H groups in total. The maximum absolute atomic E-state index is 13.1. The van der Waals surface area contributed by atoms with Gasteiger partial charge in [0.1, 0.15) is 0 Å². The number of nitrogens with one attached hydrogen (secondary N) is 2. The average Bonchev–Trinajstić information content (AvgIpc) is 3.04. The summed E-state index contributed by atoms with van der Waals surface area (Å²) in [6.45, 7) is -0.0515. The third-order valence-corrected chi connectivity index (χ3v) is 4.70. The molecule has 28 heavy (non-hydrogen) atoms. The Morgan fingerprint density at radius 2 is 2.07 bits per heavy atom. The van der Waals surface area contributed by atoms with E-state index < -0.39 is 17.6 Å². The normalized spacial score (nSPS) is 11.6. The van der Waals surface area contributed by atoms with Gasteiger partial charge in [0.25, 0.3) is 5.91 Å². The molecule has 0 spiro atoms. The Morgan fingerprint density at radius 3 is 2.79 bits per heavy atom. The van der Waals surface area contributed by atoms with Crippen LogP contribution in [0.2, 0.25) is 5.02 Å². The molecule has 0 bridgehead atoms. The van der Waals surface area contributed by atoms with Crippen molar-refractivity contribution in [2.75, 3.05) is 18.5 Å². The SMILES string of the molecule is O=C(Nc1nc2c(C(F)(F)F)cccc2s1)c1cc(Cl)ccc1ONCCO.